The molecule has 1 heterocycles. The number of amides is 1. The van der Waals surface area contributed by atoms with E-state index < -0.39 is 0 Å². The van der Waals surface area contributed by atoms with Crippen LogP contribution in [0.2, 0.25) is 0 Å². The predicted octanol–water partition coefficient (Wildman–Crippen LogP) is 4.25. The van der Waals surface area contributed by atoms with E-state index >= 15 is 0 Å². The molecule has 0 bridgehead atoms. The molecule has 3 rings (SSSR count). The number of anilines is 1. The first-order chi connectivity index (χ1) is 13.1. The summed E-state index contributed by atoms with van der Waals surface area (Å²) < 4.78 is 17.1. The number of methoxy groups -OCH3 is 2. The van der Waals surface area contributed by atoms with Crippen LogP contribution in [0.5, 0.6) is 11.5 Å². The van der Waals surface area contributed by atoms with Gasteiger partial charge in [-0.3, -0.25) is 4.79 Å². The Morgan fingerprint density at radius 1 is 1.15 bits per heavy atom. The third-order valence-electron chi connectivity index (χ3n) is 3.50. The lowest BCUT2D eigenvalue weighted by Crippen LogP contribution is -2.13. The number of halogens is 1. The maximum Gasteiger partial charge on any atom is 0.277 e. The third-order valence-corrected chi connectivity index (χ3v) is 4.85. The van der Waals surface area contributed by atoms with Crippen LogP contribution in [0.1, 0.15) is 0 Å². The first-order valence-electron chi connectivity index (χ1n) is 7.83. The highest BCUT2D eigenvalue weighted by Gasteiger charge is 2.15. The number of carbonyl (C=O) groups excluding carboxylic acids is 1. The summed E-state index contributed by atoms with van der Waals surface area (Å²) in [5.41, 5.74) is 1.37. The highest BCUT2D eigenvalue weighted by atomic mass is 79.9. The minimum atomic E-state index is -0.163. The van der Waals surface area contributed by atoms with Crippen LogP contribution >= 0.6 is 27.7 Å². The number of hydrogen-bond donors (Lipinski definition) is 1. The zero-order chi connectivity index (χ0) is 19.2. The minimum Gasteiger partial charge on any atom is -0.497 e. The fraction of sp³-hybridized carbons (Fsp3) is 0.167. The summed E-state index contributed by atoms with van der Waals surface area (Å²) in [6.07, 6.45) is 0. The van der Waals surface area contributed by atoms with Crippen LogP contribution in [0, 0.1) is 0 Å². The van der Waals surface area contributed by atoms with Crippen LogP contribution in [-0.2, 0) is 4.79 Å². The van der Waals surface area contributed by atoms with Gasteiger partial charge in [-0.1, -0.05) is 27.7 Å². The van der Waals surface area contributed by atoms with E-state index in [2.05, 4.69) is 31.4 Å². The second kappa shape index (κ2) is 8.92. The summed E-state index contributed by atoms with van der Waals surface area (Å²) in [5.74, 6) is 1.52. The Labute approximate surface area is 168 Å². The second-order valence-electron chi connectivity index (χ2n) is 5.28. The Hall–Kier alpha value is -2.52. The maximum atomic E-state index is 12.1. The fourth-order valence-corrected chi connectivity index (χ4v) is 3.04. The van der Waals surface area contributed by atoms with Crippen molar-refractivity contribution >= 4 is 39.3 Å². The van der Waals surface area contributed by atoms with Gasteiger partial charge in [-0.25, -0.2) is 0 Å². The summed E-state index contributed by atoms with van der Waals surface area (Å²) >= 11 is 4.51. The van der Waals surface area contributed by atoms with Crippen molar-refractivity contribution in [2.75, 3.05) is 25.3 Å². The van der Waals surface area contributed by atoms with Gasteiger partial charge in [-0.2, -0.15) is 0 Å². The molecular formula is C18H16BrN3O4S. The van der Waals surface area contributed by atoms with Gasteiger partial charge in [-0.15, -0.1) is 10.2 Å². The lowest BCUT2D eigenvalue weighted by molar-refractivity contribution is -0.113. The summed E-state index contributed by atoms with van der Waals surface area (Å²) in [6, 6.07) is 12.6. The quantitative estimate of drug-likeness (QED) is 0.539. The van der Waals surface area contributed by atoms with Crippen molar-refractivity contribution in [1.29, 1.82) is 0 Å². The first kappa shape index (κ1) is 19.2. The molecule has 0 spiro atoms. The lowest BCUT2D eigenvalue weighted by atomic mass is 10.2. The average molecular weight is 450 g/mol. The van der Waals surface area contributed by atoms with Crippen molar-refractivity contribution in [1.82, 2.24) is 10.2 Å². The predicted molar refractivity (Wildman–Crippen MR) is 106 cm³/mol. The molecule has 1 amide bonds. The van der Waals surface area contributed by atoms with Gasteiger partial charge in [0.25, 0.3) is 11.1 Å². The summed E-state index contributed by atoms with van der Waals surface area (Å²) in [7, 11) is 3.13. The zero-order valence-electron chi connectivity index (χ0n) is 14.6. The van der Waals surface area contributed by atoms with Gasteiger partial charge in [-0.05, 0) is 36.4 Å². The third kappa shape index (κ3) is 5.01. The molecule has 2 aromatic carbocycles. The Morgan fingerprint density at radius 2 is 1.93 bits per heavy atom. The number of thioether (sulfide) groups is 1. The van der Waals surface area contributed by atoms with Crippen LogP contribution in [-0.4, -0.2) is 36.1 Å². The molecule has 0 aliphatic heterocycles. The molecule has 1 N–H and O–H groups in total. The van der Waals surface area contributed by atoms with E-state index in [1.807, 2.05) is 24.3 Å². The van der Waals surface area contributed by atoms with Crippen molar-refractivity contribution in [3.63, 3.8) is 0 Å². The Balaban J connectivity index is 1.62. The summed E-state index contributed by atoms with van der Waals surface area (Å²) in [5, 5.41) is 11.1. The van der Waals surface area contributed by atoms with Gasteiger partial charge in [0, 0.05) is 16.2 Å². The highest BCUT2D eigenvalue weighted by Crippen LogP contribution is 2.33. The lowest BCUT2D eigenvalue weighted by Gasteiger charge is -2.07. The maximum absolute atomic E-state index is 12.1. The van der Waals surface area contributed by atoms with Crippen molar-refractivity contribution in [2.24, 2.45) is 0 Å². The number of benzene rings is 2. The Kier molecular flexibility index (Phi) is 6.36. The molecule has 0 aliphatic rings. The van der Waals surface area contributed by atoms with Crippen molar-refractivity contribution in [2.45, 2.75) is 5.22 Å². The fourth-order valence-electron chi connectivity index (χ4n) is 2.21. The molecule has 0 atom stereocenters. The van der Waals surface area contributed by atoms with Crippen LogP contribution in [0.15, 0.2) is 56.6 Å². The van der Waals surface area contributed by atoms with Crippen LogP contribution in [0.25, 0.3) is 11.5 Å². The average Bonchev–Trinajstić information content (AvgIpc) is 3.16. The molecule has 0 aliphatic carbocycles. The SMILES string of the molecule is COc1ccc(-c2nnc(SCC(=O)Nc3ccc(Br)cc3)o2)c(OC)c1. The molecule has 27 heavy (non-hydrogen) atoms. The van der Waals surface area contributed by atoms with Gasteiger partial charge in [0.15, 0.2) is 0 Å². The zero-order valence-corrected chi connectivity index (χ0v) is 17.0. The van der Waals surface area contributed by atoms with E-state index in [4.69, 9.17) is 13.9 Å². The van der Waals surface area contributed by atoms with E-state index in [1.54, 1.807) is 32.4 Å². The molecule has 0 unspecified atom stereocenters. The minimum absolute atomic E-state index is 0.150. The summed E-state index contributed by atoms with van der Waals surface area (Å²) in [4.78, 5) is 12.1. The van der Waals surface area contributed by atoms with Crippen molar-refractivity contribution in [3.8, 4) is 23.0 Å². The van der Waals surface area contributed by atoms with Gasteiger partial charge in [0.2, 0.25) is 5.91 Å². The molecule has 0 saturated heterocycles. The Morgan fingerprint density at radius 3 is 2.63 bits per heavy atom. The van der Waals surface area contributed by atoms with Crippen LogP contribution < -0.4 is 14.8 Å². The number of nitrogens with zero attached hydrogens (tertiary/aromatic N) is 2. The topological polar surface area (TPSA) is 86.5 Å². The van der Waals surface area contributed by atoms with E-state index in [9.17, 15) is 4.79 Å². The monoisotopic (exact) mass is 449 g/mol. The van der Waals surface area contributed by atoms with Gasteiger partial charge >= 0.3 is 0 Å². The number of ether oxygens (including phenoxy) is 2. The highest BCUT2D eigenvalue weighted by molar-refractivity contribution is 9.10. The number of rotatable bonds is 7. The molecular weight excluding hydrogens is 434 g/mol. The largest absolute Gasteiger partial charge is 0.497 e. The summed E-state index contributed by atoms with van der Waals surface area (Å²) in [6.45, 7) is 0. The molecule has 1 aromatic heterocycles. The number of carbonyl (C=O) groups is 1. The molecule has 0 saturated carbocycles. The standard InChI is InChI=1S/C18H16BrN3O4S/c1-24-13-7-8-14(15(9-13)25-2)17-21-22-18(26-17)27-10-16(23)20-12-5-3-11(19)4-6-12/h3-9H,10H2,1-2H3,(H,20,23). The van der Waals surface area contributed by atoms with E-state index in [1.165, 1.54) is 0 Å². The smallest absolute Gasteiger partial charge is 0.277 e. The molecule has 9 heteroatoms. The number of aromatic nitrogens is 2. The van der Waals surface area contributed by atoms with Crippen LogP contribution in [0.4, 0.5) is 5.69 Å². The Bertz CT molecular complexity index is 931. The first-order valence-corrected chi connectivity index (χ1v) is 9.61. The van der Waals surface area contributed by atoms with E-state index in [0.717, 1.165) is 21.9 Å². The molecule has 0 radical (unpaired) electrons. The van der Waals surface area contributed by atoms with Gasteiger partial charge < -0.3 is 19.2 Å². The van der Waals surface area contributed by atoms with E-state index in [0.29, 0.717) is 28.2 Å². The number of hydrogen-bond acceptors (Lipinski definition) is 7. The van der Waals surface area contributed by atoms with Crippen LogP contribution in [0.3, 0.4) is 0 Å². The molecule has 0 fully saturated rings. The van der Waals surface area contributed by atoms with E-state index in [-0.39, 0.29) is 11.7 Å². The van der Waals surface area contributed by atoms with Crippen molar-refractivity contribution < 1.29 is 18.7 Å². The number of nitrogens with one attached hydrogen (secondary N) is 1. The van der Waals surface area contributed by atoms with Gasteiger partial charge in [0.05, 0.1) is 25.5 Å². The second-order valence-corrected chi connectivity index (χ2v) is 7.13. The van der Waals surface area contributed by atoms with Crippen molar-refractivity contribution in [3.05, 3.63) is 46.9 Å². The molecule has 3 aromatic rings. The normalized spacial score (nSPS) is 10.5. The molecule has 140 valence electrons. The van der Waals surface area contributed by atoms with Gasteiger partial charge in [0.1, 0.15) is 11.5 Å². The molecule has 7 nitrogen and oxygen atoms in total.